The molecule has 2 aliphatic heterocycles. The van der Waals surface area contributed by atoms with Crippen LogP contribution in [-0.2, 0) is 4.74 Å². The van der Waals surface area contributed by atoms with E-state index >= 15 is 4.39 Å². The number of aromatic nitrogens is 2. The third-order valence-corrected chi connectivity index (χ3v) is 7.14. The summed E-state index contributed by atoms with van der Waals surface area (Å²) in [7, 11) is 3.80. The number of imidazole rings is 1. The van der Waals surface area contributed by atoms with Crippen molar-refractivity contribution in [3.05, 3.63) is 58.9 Å². The highest BCUT2D eigenvalue weighted by atomic mass is 19.3. The van der Waals surface area contributed by atoms with Crippen LogP contribution in [0.3, 0.4) is 0 Å². The topological polar surface area (TPSA) is 76.9 Å². The van der Waals surface area contributed by atoms with E-state index in [0.717, 1.165) is 0 Å². The summed E-state index contributed by atoms with van der Waals surface area (Å²) in [5, 5.41) is 0. The highest BCUT2D eigenvalue weighted by Gasteiger charge is 2.46. The number of alkyl halides is 3. The van der Waals surface area contributed by atoms with Crippen molar-refractivity contribution in [2.75, 3.05) is 27.2 Å². The smallest absolute Gasteiger partial charge is 0.410 e. The number of ether oxygens (including phenoxy) is 2. The van der Waals surface area contributed by atoms with Gasteiger partial charge < -0.3 is 14.0 Å². The van der Waals surface area contributed by atoms with Crippen molar-refractivity contribution >= 4 is 23.4 Å². The molecule has 2 atom stereocenters. The predicted octanol–water partition coefficient (Wildman–Crippen LogP) is 5.36. The normalized spacial score (nSPS) is 19.5. The van der Waals surface area contributed by atoms with E-state index in [-0.39, 0.29) is 30.4 Å². The molecule has 8 nitrogen and oxygen atoms in total. The number of likely N-dealkylation sites (tertiary alicyclic amines) is 1. The highest BCUT2D eigenvalue weighted by Crippen LogP contribution is 2.46. The molecule has 5 rings (SSSR count). The predicted molar refractivity (Wildman–Crippen MR) is 146 cm³/mol. The van der Waals surface area contributed by atoms with Gasteiger partial charge in [0.25, 0.3) is 0 Å². The molecule has 41 heavy (non-hydrogen) atoms. The van der Waals surface area contributed by atoms with Crippen LogP contribution in [0.25, 0.3) is 11.0 Å². The van der Waals surface area contributed by atoms with Gasteiger partial charge in [-0.1, -0.05) is 24.0 Å². The molecule has 1 fully saturated rings. The van der Waals surface area contributed by atoms with Crippen molar-refractivity contribution in [2.45, 2.75) is 57.2 Å². The Morgan fingerprint density at radius 3 is 2.59 bits per heavy atom. The molecule has 1 aromatic heterocycles. The third-order valence-electron chi connectivity index (χ3n) is 7.14. The van der Waals surface area contributed by atoms with Crippen molar-refractivity contribution < 1.29 is 32.2 Å². The first-order valence-electron chi connectivity index (χ1n) is 13.2. The van der Waals surface area contributed by atoms with Crippen LogP contribution in [0.15, 0.2) is 36.4 Å². The summed E-state index contributed by atoms with van der Waals surface area (Å²) in [6.45, 7) is 1.78. The van der Waals surface area contributed by atoms with Crippen molar-refractivity contribution in [1.82, 2.24) is 19.4 Å². The molecule has 0 aliphatic carbocycles. The van der Waals surface area contributed by atoms with E-state index < -0.39 is 30.0 Å². The Balaban J connectivity index is 1.51. The first-order valence-corrected chi connectivity index (χ1v) is 13.2. The lowest BCUT2D eigenvalue weighted by Crippen LogP contribution is -2.61. The summed E-state index contributed by atoms with van der Waals surface area (Å²) in [4.78, 5) is 32.2. The number of rotatable bonds is 5. The van der Waals surface area contributed by atoms with E-state index in [2.05, 4.69) is 11.8 Å². The first-order chi connectivity index (χ1) is 19.3. The SMILES string of the molecule is CN(C)C1CC(c2c(C=O)cccc2OC(F)F)n2c1nc1ccc(C#CC3(F)CN(C(=O)OC(C)(C)C)C3)cc12. The fourth-order valence-corrected chi connectivity index (χ4v) is 5.36. The van der Waals surface area contributed by atoms with Gasteiger partial charge in [0.05, 0.1) is 36.2 Å². The molecule has 0 spiro atoms. The summed E-state index contributed by atoms with van der Waals surface area (Å²) in [6.07, 6.45) is 0.516. The molecule has 1 amide bonds. The zero-order chi connectivity index (χ0) is 29.7. The Morgan fingerprint density at radius 2 is 1.95 bits per heavy atom. The summed E-state index contributed by atoms with van der Waals surface area (Å²) >= 11 is 0. The summed E-state index contributed by atoms with van der Waals surface area (Å²) < 4.78 is 53.9. The number of carbonyl (C=O) groups is 2. The standard InChI is InChI=1S/C30H31F3N4O4/c1-29(2,3)41-28(39)36-16-30(33,17-36)12-11-18-9-10-20-21(13-18)37-22(14-23(35(4)5)26(37)34-20)25-19(15-38)7-6-8-24(25)40-27(31)32/h6-10,13,15,22-23,27H,14,16-17H2,1-5H3. The minimum absolute atomic E-state index is 0.0725. The number of amides is 1. The summed E-state index contributed by atoms with van der Waals surface area (Å²) in [5.41, 5.74) is -0.112. The molecular formula is C30H31F3N4O4. The van der Waals surface area contributed by atoms with Crippen molar-refractivity contribution in [2.24, 2.45) is 0 Å². The second kappa shape index (κ2) is 10.4. The average Bonchev–Trinajstić information content (AvgIpc) is 3.41. The van der Waals surface area contributed by atoms with Crippen molar-refractivity contribution in [1.29, 1.82) is 0 Å². The number of halogens is 3. The van der Waals surface area contributed by atoms with Gasteiger partial charge in [0.1, 0.15) is 17.2 Å². The monoisotopic (exact) mass is 568 g/mol. The lowest BCUT2D eigenvalue weighted by Gasteiger charge is -2.41. The zero-order valence-corrected chi connectivity index (χ0v) is 23.5. The molecule has 2 aliphatic rings. The fraction of sp³-hybridized carbons (Fsp3) is 0.433. The second-order valence-corrected chi connectivity index (χ2v) is 11.6. The van der Waals surface area contributed by atoms with Crippen LogP contribution in [0.2, 0.25) is 0 Å². The van der Waals surface area contributed by atoms with Gasteiger partial charge >= 0.3 is 12.7 Å². The van der Waals surface area contributed by atoms with E-state index in [0.29, 0.717) is 40.7 Å². The molecule has 3 heterocycles. The number of carbonyl (C=O) groups excluding carboxylic acids is 2. The Morgan fingerprint density at radius 1 is 1.22 bits per heavy atom. The van der Waals surface area contributed by atoms with Gasteiger partial charge in [-0.2, -0.15) is 8.78 Å². The van der Waals surface area contributed by atoms with Gasteiger partial charge in [-0.15, -0.1) is 0 Å². The highest BCUT2D eigenvalue weighted by molar-refractivity contribution is 5.82. The van der Waals surface area contributed by atoms with E-state index in [1.165, 1.54) is 17.0 Å². The van der Waals surface area contributed by atoms with E-state index in [4.69, 9.17) is 14.5 Å². The van der Waals surface area contributed by atoms with Crippen LogP contribution >= 0.6 is 0 Å². The number of hydrogen-bond acceptors (Lipinski definition) is 6. The molecule has 0 radical (unpaired) electrons. The van der Waals surface area contributed by atoms with Gasteiger partial charge in [-0.25, -0.2) is 14.2 Å². The maximum atomic E-state index is 15.2. The van der Waals surface area contributed by atoms with E-state index in [1.807, 2.05) is 23.6 Å². The number of aldehydes is 1. The fourth-order valence-electron chi connectivity index (χ4n) is 5.36. The van der Waals surface area contributed by atoms with Crippen LogP contribution in [0.5, 0.6) is 5.75 Å². The number of hydrogen-bond donors (Lipinski definition) is 0. The molecule has 216 valence electrons. The van der Waals surface area contributed by atoms with Gasteiger partial charge in [0, 0.05) is 16.7 Å². The van der Waals surface area contributed by atoms with Gasteiger partial charge in [-0.3, -0.25) is 14.6 Å². The van der Waals surface area contributed by atoms with E-state index in [9.17, 15) is 18.4 Å². The van der Waals surface area contributed by atoms with Crippen molar-refractivity contribution in [3.8, 4) is 17.6 Å². The Labute approximate surface area is 236 Å². The Hall–Kier alpha value is -4.04. The molecule has 3 aromatic rings. The third kappa shape index (κ3) is 5.61. The van der Waals surface area contributed by atoms with Crippen molar-refractivity contribution in [3.63, 3.8) is 0 Å². The van der Waals surface area contributed by atoms with Crippen LogP contribution < -0.4 is 4.74 Å². The van der Waals surface area contributed by atoms with Crippen LogP contribution in [0.4, 0.5) is 18.0 Å². The molecule has 0 saturated carbocycles. The summed E-state index contributed by atoms with van der Waals surface area (Å²) in [6, 6.07) is 9.08. The molecule has 1 saturated heterocycles. The molecule has 0 N–H and O–H groups in total. The summed E-state index contributed by atoms with van der Waals surface area (Å²) in [5.74, 6) is 6.16. The lowest BCUT2D eigenvalue weighted by molar-refractivity contribution is -0.0507. The molecule has 2 unspecified atom stereocenters. The van der Waals surface area contributed by atoms with Gasteiger partial charge in [0.2, 0.25) is 5.67 Å². The Kier molecular flexibility index (Phi) is 7.24. The van der Waals surface area contributed by atoms with Gasteiger partial charge in [-0.05, 0) is 65.6 Å². The molecule has 11 heteroatoms. The Bertz CT molecular complexity index is 1560. The molecule has 0 bridgehead atoms. The number of nitrogens with zero attached hydrogens (tertiary/aromatic N) is 4. The lowest BCUT2D eigenvalue weighted by atomic mass is 9.96. The van der Waals surface area contributed by atoms with E-state index in [1.54, 1.807) is 45.0 Å². The second-order valence-electron chi connectivity index (χ2n) is 11.6. The van der Waals surface area contributed by atoms with Crippen LogP contribution in [0, 0.1) is 11.8 Å². The molecular weight excluding hydrogens is 537 g/mol. The average molecular weight is 569 g/mol. The first kappa shape index (κ1) is 28.5. The minimum Gasteiger partial charge on any atom is -0.444 e. The van der Waals surface area contributed by atoms with Gasteiger partial charge in [0.15, 0.2) is 6.29 Å². The quantitative estimate of drug-likeness (QED) is 0.305. The van der Waals surface area contributed by atoms with Crippen LogP contribution in [-0.4, -0.2) is 76.8 Å². The molecule has 2 aromatic carbocycles. The largest absolute Gasteiger partial charge is 0.444 e. The minimum atomic E-state index is -3.06. The number of benzene rings is 2. The zero-order valence-electron chi connectivity index (χ0n) is 23.5. The maximum absolute atomic E-state index is 15.2. The number of fused-ring (bicyclic) bond motifs is 3. The van der Waals surface area contributed by atoms with Crippen LogP contribution in [0.1, 0.15) is 66.6 Å². The maximum Gasteiger partial charge on any atom is 0.410 e.